The number of hydrazine groups is 1. The summed E-state index contributed by atoms with van der Waals surface area (Å²) < 4.78 is 1.06. The zero-order chi connectivity index (χ0) is 15.0. The van der Waals surface area contributed by atoms with Crippen LogP contribution < -0.4 is 11.3 Å². The van der Waals surface area contributed by atoms with Gasteiger partial charge in [-0.3, -0.25) is 10.8 Å². The highest BCUT2D eigenvalue weighted by atomic mass is 79.9. The van der Waals surface area contributed by atoms with E-state index in [4.69, 9.17) is 10.8 Å². The first-order valence-electron chi connectivity index (χ1n) is 7.07. The Bertz CT molecular complexity index is 812. The van der Waals surface area contributed by atoms with Crippen LogP contribution >= 0.6 is 15.9 Å². The standard InChI is InChI=1S/C17H18BrN3/c1-10(2)7-11-8-16(21-19)14-9-15(18)12-5-3-4-6-13(12)17(14)20-11/h3-6,8-10H,7,19H2,1-2H3,(H,20,21). The van der Waals surface area contributed by atoms with Crippen molar-refractivity contribution in [3.05, 3.63) is 46.6 Å². The number of rotatable bonds is 3. The van der Waals surface area contributed by atoms with Gasteiger partial charge in [0.1, 0.15) is 0 Å². The molecule has 0 saturated heterocycles. The van der Waals surface area contributed by atoms with E-state index in [9.17, 15) is 0 Å². The third-order valence-corrected chi connectivity index (χ3v) is 4.25. The molecule has 0 amide bonds. The second kappa shape index (κ2) is 5.62. The number of anilines is 1. The number of hydrogen-bond donors (Lipinski definition) is 2. The smallest absolute Gasteiger partial charge is 0.0805 e. The lowest BCUT2D eigenvalue weighted by Gasteiger charge is -2.13. The van der Waals surface area contributed by atoms with Crippen molar-refractivity contribution < 1.29 is 0 Å². The minimum absolute atomic E-state index is 0.558. The van der Waals surface area contributed by atoms with Crippen LogP contribution in [-0.2, 0) is 6.42 Å². The van der Waals surface area contributed by atoms with Crippen LogP contribution in [0.15, 0.2) is 40.9 Å². The molecule has 3 aromatic rings. The number of nitrogen functional groups attached to an aromatic ring is 1. The fourth-order valence-corrected chi connectivity index (χ4v) is 3.28. The van der Waals surface area contributed by atoms with Gasteiger partial charge in [0, 0.05) is 20.9 Å². The Balaban J connectivity index is 2.39. The van der Waals surface area contributed by atoms with Crippen LogP contribution in [0.4, 0.5) is 5.69 Å². The van der Waals surface area contributed by atoms with E-state index in [1.807, 2.05) is 18.2 Å². The van der Waals surface area contributed by atoms with Crippen molar-refractivity contribution >= 4 is 43.3 Å². The van der Waals surface area contributed by atoms with Gasteiger partial charge < -0.3 is 5.43 Å². The van der Waals surface area contributed by atoms with Crippen molar-refractivity contribution in [1.82, 2.24) is 4.98 Å². The molecule has 2 aromatic carbocycles. The Morgan fingerprint density at radius 3 is 2.52 bits per heavy atom. The zero-order valence-electron chi connectivity index (χ0n) is 12.2. The molecule has 0 aliphatic carbocycles. The molecule has 3 rings (SSSR count). The molecule has 4 heteroatoms. The first-order chi connectivity index (χ1) is 10.1. The molecule has 0 spiro atoms. The van der Waals surface area contributed by atoms with Gasteiger partial charge in [-0.15, -0.1) is 0 Å². The number of nitrogens with one attached hydrogen (secondary N) is 1. The number of halogens is 1. The summed E-state index contributed by atoms with van der Waals surface area (Å²) >= 11 is 3.64. The van der Waals surface area contributed by atoms with Crippen LogP contribution in [0, 0.1) is 5.92 Å². The molecule has 0 fully saturated rings. The lowest BCUT2D eigenvalue weighted by Crippen LogP contribution is -2.09. The third-order valence-electron chi connectivity index (χ3n) is 3.60. The number of fused-ring (bicyclic) bond motifs is 3. The first-order valence-corrected chi connectivity index (χ1v) is 7.87. The summed E-state index contributed by atoms with van der Waals surface area (Å²) in [6.45, 7) is 4.39. The molecule has 0 atom stereocenters. The van der Waals surface area contributed by atoms with Gasteiger partial charge in [0.05, 0.1) is 11.2 Å². The van der Waals surface area contributed by atoms with Crippen molar-refractivity contribution in [2.45, 2.75) is 20.3 Å². The number of nitrogens with zero attached hydrogens (tertiary/aromatic N) is 1. The van der Waals surface area contributed by atoms with Gasteiger partial charge >= 0.3 is 0 Å². The SMILES string of the molecule is CC(C)Cc1cc(NN)c2cc(Br)c3ccccc3c2n1. The second-order valence-corrected chi connectivity index (χ2v) is 6.56. The van der Waals surface area contributed by atoms with E-state index in [0.717, 1.165) is 38.6 Å². The van der Waals surface area contributed by atoms with E-state index in [2.05, 4.69) is 53.4 Å². The predicted octanol–water partition coefficient (Wildman–Crippen LogP) is 4.63. The summed E-state index contributed by atoms with van der Waals surface area (Å²) in [6, 6.07) is 12.4. The predicted molar refractivity (Wildman–Crippen MR) is 93.3 cm³/mol. The van der Waals surface area contributed by atoms with E-state index in [-0.39, 0.29) is 0 Å². The molecule has 0 radical (unpaired) electrons. The summed E-state index contributed by atoms with van der Waals surface area (Å²) in [6.07, 6.45) is 0.939. The maximum absolute atomic E-state index is 5.72. The third kappa shape index (κ3) is 2.61. The Kier molecular flexibility index (Phi) is 3.83. The van der Waals surface area contributed by atoms with E-state index >= 15 is 0 Å². The zero-order valence-corrected chi connectivity index (χ0v) is 13.7. The van der Waals surface area contributed by atoms with Gasteiger partial charge in [-0.25, -0.2) is 0 Å². The molecule has 1 aromatic heterocycles. The van der Waals surface area contributed by atoms with Crippen LogP contribution in [0.5, 0.6) is 0 Å². The first kappa shape index (κ1) is 14.3. The van der Waals surface area contributed by atoms with Crippen molar-refractivity contribution in [1.29, 1.82) is 0 Å². The topological polar surface area (TPSA) is 50.9 Å². The van der Waals surface area contributed by atoms with Crippen molar-refractivity contribution in [3.63, 3.8) is 0 Å². The largest absolute Gasteiger partial charge is 0.323 e. The van der Waals surface area contributed by atoms with Crippen molar-refractivity contribution in [2.75, 3.05) is 5.43 Å². The molecule has 0 aliphatic rings. The number of benzene rings is 2. The number of aromatic nitrogens is 1. The minimum Gasteiger partial charge on any atom is -0.323 e. The van der Waals surface area contributed by atoms with Gasteiger partial charge in [0.15, 0.2) is 0 Å². The monoisotopic (exact) mass is 343 g/mol. The summed E-state index contributed by atoms with van der Waals surface area (Å²) in [5.74, 6) is 6.27. The number of pyridine rings is 1. The Hall–Kier alpha value is -1.65. The maximum Gasteiger partial charge on any atom is 0.0805 e. The quantitative estimate of drug-likeness (QED) is 0.414. The Labute approximate surface area is 132 Å². The molecule has 3 nitrogen and oxygen atoms in total. The molecule has 0 saturated carbocycles. The highest BCUT2D eigenvalue weighted by Gasteiger charge is 2.11. The van der Waals surface area contributed by atoms with E-state index in [1.54, 1.807) is 0 Å². The fourth-order valence-electron chi connectivity index (χ4n) is 2.70. The van der Waals surface area contributed by atoms with Crippen molar-refractivity contribution in [2.24, 2.45) is 11.8 Å². The van der Waals surface area contributed by atoms with Gasteiger partial charge in [0.2, 0.25) is 0 Å². The normalized spacial score (nSPS) is 11.5. The van der Waals surface area contributed by atoms with E-state index < -0.39 is 0 Å². The van der Waals surface area contributed by atoms with Crippen LogP contribution in [0.25, 0.3) is 21.7 Å². The molecule has 0 unspecified atom stereocenters. The molecular formula is C17H18BrN3. The summed E-state index contributed by atoms with van der Waals surface area (Å²) in [7, 11) is 0. The van der Waals surface area contributed by atoms with E-state index in [0.29, 0.717) is 5.92 Å². The van der Waals surface area contributed by atoms with E-state index in [1.165, 1.54) is 5.39 Å². The van der Waals surface area contributed by atoms with Crippen LogP contribution in [-0.4, -0.2) is 4.98 Å². The molecule has 21 heavy (non-hydrogen) atoms. The average molecular weight is 344 g/mol. The Morgan fingerprint density at radius 2 is 1.86 bits per heavy atom. The van der Waals surface area contributed by atoms with Crippen molar-refractivity contribution in [3.8, 4) is 0 Å². The van der Waals surface area contributed by atoms with Gasteiger partial charge in [-0.1, -0.05) is 54.0 Å². The second-order valence-electron chi connectivity index (χ2n) is 5.70. The van der Waals surface area contributed by atoms with Gasteiger partial charge in [-0.05, 0) is 29.9 Å². The Morgan fingerprint density at radius 1 is 1.14 bits per heavy atom. The molecule has 108 valence electrons. The lowest BCUT2D eigenvalue weighted by atomic mass is 10.0. The molecule has 0 aliphatic heterocycles. The minimum atomic E-state index is 0.558. The summed E-state index contributed by atoms with van der Waals surface area (Å²) in [5, 5.41) is 3.35. The van der Waals surface area contributed by atoms with Gasteiger partial charge in [0.25, 0.3) is 0 Å². The van der Waals surface area contributed by atoms with Gasteiger partial charge in [-0.2, -0.15) is 0 Å². The molecule has 3 N–H and O–H groups in total. The molecule has 0 bridgehead atoms. The molecule has 1 heterocycles. The number of nitrogens with two attached hydrogens (primary N) is 1. The van der Waals surface area contributed by atoms with Crippen LogP contribution in [0.3, 0.4) is 0 Å². The van der Waals surface area contributed by atoms with Crippen LogP contribution in [0.2, 0.25) is 0 Å². The maximum atomic E-state index is 5.72. The summed E-state index contributed by atoms with van der Waals surface area (Å²) in [4.78, 5) is 4.88. The highest BCUT2D eigenvalue weighted by molar-refractivity contribution is 9.10. The fraction of sp³-hybridized carbons (Fsp3) is 0.235. The molecular weight excluding hydrogens is 326 g/mol. The lowest BCUT2D eigenvalue weighted by molar-refractivity contribution is 0.637. The summed E-state index contributed by atoms with van der Waals surface area (Å²) in [5.41, 5.74) is 5.80. The average Bonchev–Trinajstić information content (AvgIpc) is 2.47. The van der Waals surface area contributed by atoms with Crippen LogP contribution in [0.1, 0.15) is 19.5 Å². The number of hydrogen-bond acceptors (Lipinski definition) is 3. The highest BCUT2D eigenvalue weighted by Crippen LogP contribution is 2.34.